The standard InChI is InChI=1S/C14H16F3N3O/c15-14(16,17)10-21-7-3-6-20-9-11(8-19-20)12-4-1-2-5-13(12)18/h1-2,4-5,8-9H,3,6-7,10,18H2. The lowest BCUT2D eigenvalue weighted by Crippen LogP contribution is -2.17. The van der Waals surface area contributed by atoms with Crippen LogP contribution in [0, 0.1) is 0 Å². The Morgan fingerprint density at radius 2 is 2.00 bits per heavy atom. The average molecular weight is 299 g/mol. The zero-order valence-electron chi connectivity index (χ0n) is 11.3. The number of rotatable bonds is 6. The van der Waals surface area contributed by atoms with E-state index in [-0.39, 0.29) is 6.61 Å². The molecule has 7 heteroatoms. The van der Waals surface area contributed by atoms with Crippen LogP contribution in [0.2, 0.25) is 0 Å². The van der Waals surface area contributed by atoms with Crippen LogP contribution >= 0.6 is 0 Å². The van der Waals surface area contributed by atoms with Gasteiger partial charge in [0.25, 0.3) is 0 Å². The van der Waals surface area contributed by atoms with Crippen molar-refractivity contribution in [2.45, 2.75) is 19.1 Å². The minimum Gasteiger partial charge on any atom is -0.398 e. The summed E-state index contributed by atoms with van der Waals surface area (Å²) in [5.41, 5.74) is 8.30. The summed E-state index contributed by atoms with van der Waals surface area (Å²) in [7, 11) is 0. The van der Waals surface area contributed by atoms with Crippen molar-refractivity contribution in [3.63, 3.8) is 0 Å². The third-order valence-corrected chi connectivity index (χ3v) is 2.85. The van der Waals surface area contributed by atoms with Gasteiger partial charge in [0.15, 0.2) is 0 Å². The molecule has 0 fully saturated rings. The Hall–Kier alpha value is -2.02. The molecule has 2 N–H and O–H groups in total. The predicted molar refractivity (Wildman–Crippen MR) is 73.6 cm³/mol. The number of aromatic nitrogens is 2. The van der Waals surface area contributed by atoms with Crippen molar-refractivity contribution in [1.29, 1.82) is 0 Å². The number of nitrogens with zero attached hydrogens (tertiary/aromatic N) is 2. The molecule has 0 bridgehead atoms. The second-order valence-electron chi connectivity index (χ2n) is 4.60. The van der Waals surface area contributed by atoms with Gasteiger partial charge in [0.1, 0.15) is 6.61 Å². The van der Waals surface area contributed by atoms with Gasteiger partial charge in [-0.1, -0.05) is 18.2 Å². The van der Waals surface area contributed by atoms with Gasteiger partial charge in [0.2, 0.25) is 0 Å². The van der Waals surface area contributed by atoms with Crippen molar-refractivity contribution < 1.29 is 17.9 Å². The van der Waals surface area contributed by atoms with Crippen LogP contribution in [0.5, 0.6) is 0 Å². The van der Waals surface area contributed by atoms with E-state index in [2.05, 4.69) is 9.84 Å². The van der Waals surface area contributed by atoms with Crippen LogP contribution in [0.15, 0.2) is 36.7 Å². The first kappa shape index (κ1) is 15.4. The van der Waals surface area contributed by atoms with Gasteiger partial charge in [-0.2, -0.15) is 18.3 Å². The Balaban J connectivity index is 1.83. The summed E-state index contributed by atoms with van der Waals surface area (Å²) in [6, 6.07) is 7.43. The van der Waals surface area contributed by atoms with Crippen LogP contribution in [0.3, 0.4) is 0 Å². The molecule has 0 radical (unpaired) electrons. The smallest absolute Gasteiger partial charge is 0.398 e. The van der Waals surface area contributed by atoms with Crippen molar-refractivity contribution in [2.75, 3.05) is 18.9 Å². The Bertz CT molecular complexity index is 581. The second-order valence-corrected chi connectivity index (χ2v) is 4.60. The van der Waals surface area contributed by atoms with Gasteiger partial charge in [-0.25, -0.2) is 0 Å². The average Bonchev–Trinajstić information content (AvgIpc) is 2.86. The highest BCUT2D eigenvalue weighted by Gasteiger charge is 2.27. The van der Waals surface area contributed by atoms with Crippen molar-refractivity contribution in [2.24, 2.45) is 0 Å². The lowest BCUT2D eigenvalue weighted by molar-refractivity contribution is -0.174. The second kappa shape index (κ2) is 6.62. The summed E-state index contributed by atoms with van der Waals surface area (Å²) in [5.74, 6) is 0. The third-order valence-electron chi connectivity index (χ3n) is 2.85. The van der Waals surface area contributed by atoms with Gasteiger partial charge in [-0.05, 0) is 12.5 Å². The number of halogens is 3. The van der Waals surface area contributed by atoms with Crippen LogP contribution in [0.4, 0.5) is 18.9 Å². The van der Waals surface area contributed by atoms with E-state index in [1.807, 2.05) is 24.4 Å². The van der Waals surface area contributed by atoms with Crippen LogP contribution in [0.1, 0.15) is 6.42 Å². The fourth-order valence-electron chi connectivity index (χ4n) is 1.90. The molecule has 2 aromatic rings. The fourth-order valence-corrected chi connectivity index (χ4v) is 1.90. The van der Waals surface area contributed by atoms with Gasteiger partial charge >= 0.3 is 6.18 Å². The maximum atomic E-state index is 11.9. The molecule has 0 saturated carbocycles. The topological polar surface area (TPSA) is 53.1 Å². The summed E-state index contributed by atoms with van der Waals surface area (Å²) in [6.07, 6.45) is -0.317. The van der Waals surface area contributed by atoms with Crippen LogP contribution < -0.4 is 5.73 Å². The number of nitrogen functional groups attached to an aromatic ring is 1. The minimum atomic E-state index is -4.27. The molecule has 0 aliphatic heterocycles. The number of anilines is 1. The van der Waals surface area contributed by atoms with E-state index in [0.717, 1.165) is 11.1 Å². The first-order valence-electron chi connectivity index (χ1n) is 6.47. The van der Waals surface area contributed by atoms with Crippen molar-refractivity contribution in [3.05, 3.63) is 36.7 Å². The highest BCUT2D eigenvalue weighted by Crippen LogP contribution is 2.24. The molecule has 0 aliphatic rings. The lowest BCUT2D eigenvalue weighted by atomic mass is 10.1. The SMILES string of the molecule is Nc1ccccc1-c1cnn(CCCOCC(F)(F)F)c1. The minimum absolute atomic E-state index is 0.0438. The molecule has 21 heavy (non-hydrogen) atoms. The number of hydrogen-bond acceptors (Lipinski definition) is 3. The van der Waals surface area contributed by atoms with E-state index >= 15 is 0 Å². The van der Waals surface area contributed by atoms with Crippen LogP contribution in [0.25, 0.3) is 11.1 Å². The number of hydrogen-bond donors (Lipinski definition) is 1. The molecular formula is C14H16F3N3O. The van der Waals surface area contributed by atoms with E-state index < -0.39 is 12.8 Å². The Labute approximate surface area is 120 Å². The van der Waals surface area contributed by atoms with Crippen molar-refractivity contribution in [1.82, 2.24) is 9.78 Å². The molecule has 0 unspecified atom stereocenters. The maximum Gasteiger partial charge on any atom is 0.411 e. The van der Waals surface area contributed by atoms with Gasteiger partial charge in [-0.3, -0.25) is 4.68 Å². The van der Waals surface area contributed by atoms with Crippen LogP contribution in [-0.2, 0) is 11.3 Å². The number of benzene rings is 1. The summed E-state index contributed by atoms with van der Waals surface area (Å²) in [4.78, 5) is 0. The molecular weight excluding hydrogens is 283 g/mol. The molecule has 114 valence electrons. The molecule has 2 rings (SSSR count). The van der Waals surface area contributed by atoms with E-state index in [1.54, 1.807) is 16.9 Å². The van der Waals surface area contributed by atoms with Crippen LogP contribution in [-0.4, -0.2) is 29.2 Å². The number of para-hydroxylation sites is 1. The maximum absolute atomic E-state index is 11.9. The van der Waals surface area contributed by atoms with Gasteiger partial charge in [0, 0.05) is 36.2 Å². The molecule has 1 heterocycles. The van der Waals surface area contributed by atoms with Gasteiger partial charge in [0.05, 0.1) is 6.20 Å². The van der Waals surface area contributed by atoms with E-state index in [4.69, 9.17) is 5.73 Å². The Morgan fingerprint density at radius 3 is 2.71 bits per heavy atom. The summed E-state index contributed by atoms with van der Waals surface area (Å²) >= 11 is 0. The summed E-state index contributed by atoms with van der Waals surface area (Å²) in [6.45, 7) is -0.676. The third kappa shape index (κ3) is 4.78. The van der Waals surface area contributed by atoms with Crippen molar-refractivity contribution in [3.8, 4) is 11.1 Å². The van der Waals surface area contributed by atoms with E-state index in [0.29, 0.717) is 18.7 Å². The zero-order valence-corrected chi connectivity index (χ0v) is 11.3. The van der Waals surface area contributed by atoms with Gasteiger partial charge in [-0.15, -0.1) is 0 Å². The highest BCUT2D eigenvalue weighted by molar-refractivity contribution is 5.75. The Kier molecular flexibility index (Phi) is 4.85. The number of alkyl halides is 3. The van der Waals surface area contributed by atoms with Crippen molar-refractivity contribution >= 4 is 5.69 Å². The first-order chi connectivity index (χ1) is 9.96. The quantitative estimate of drug-likeness (QED) is 0.658. The molecule has 0 atom stereocenters. The number of aryl methyl sites for hydroxylation is 1. The molecule has 0 amide bonds. The Morgan fingerprint density at radius 1 is 1.24 bits per heavy atom. The normalized spacial score (nSPS) is 11.8. The van der Waals surface area contributed by atoms with E-state index in [1.165, 1.54) is 0 Å². The monoisotopic (exact) mass is 299 g/mol. The predicted octanol–water partition coefficient (Wildman–Crippen LogP) is 3.10. The molecule has 1 aromatic heterocycles. The summed E-state index contributed by atoms with van der Waals surface area (Å²) < 4.78 is 41.9. The molecule has 0 aliphatic carbocycles. The molecule has 4 nitrogen and oxygen atoms in total. The fraction of sp³-hybridized carbons (Fsp3) is 0.357. The van der Waals surface area contributed by atoms with E-state index in [9.17, 15) is 13.2 Å². The molecule has 1 aromatic carbocycles. The number of nitrogens with two attached hydrogens (primary N) is 1. The molecule has 0 spiro atoms. The first-order valence-corrected chi connectivity index (χ1v) is 6.47. The summed E-state index contributed by atoms with van der Waals surface area (Å²) in [5, 5.41) is 4.16. The largest absolute Gasteiger partial charge is 0.411 e. The number of ether oxygens (including phenoxy) is 1. The van der Waals surface area contributed by atoms with Gasteiger partial charge < -0.3 is 10.5 Å². The lowest BCUT2D eigenvalue weighted by Gasteiger charge is -2.07. The highest BCUT2D eigenvalue weighted by atomic mass is 19.4. The molecule has 0 saturated heterocycles. The zero-order chi connectivity index (χ0) is 15.3.